The Hall–Kier alpha value is -2.78. The smallest absolute Gasteiger partial charge is 0.377 e. The fourth-order valence-corrected chi connectivity index (χ4v) is 8.52. The zero-order valence-electron chi connectivity index (χ0n) is 27.5. The number of hydrogen-bond acceptors (Lipinski definition) is 7. The Kier molecular flexibility index (Phi) is 10.1. The molecule has 0 bridgehead atoms. The molecule has 1 atom stereocenters. The van der Waals surface area contributed by atoms with Gasteiger partial charge in [-0.05, 0) is 88.5 Å². The first-order valence-corrected chi connectivity index (χ1v) is 18.4. The van der Waals surface area contributed by atoms with Crippen LogP contribution in [0.25, 0.3) is 17.0 Å². The zero-order chi connectivity index (χ0) is 34.2. The monoisotopic (exact) mass is 694 g/mol. The summed E-state index contributed by atoms with van der Waals surface area (Å²) in [5, 5.41) is 5.09. The van der Waals surface area contributed by atoms with Crippen molar-refractivity contribution in [2.24, 2.45) is 16.8 Å². The number of amidine groups is 1. The van der Waals surface area contributed by atoms with Crippen LogP contribution in [-0.2, 0) is 35.6 Å². The second-order valence-electron chi connectivity index (χ2n) is 13.9. The Morgan fingerprint density at radius 1 is 1.12 bits per heavy atom. The first kappa shape index (κ1) is 35.1. The first-order valence-electron chi connectivity index (χ1n) is 16.9. The topological polar surface area (TPSA) is 111 Å². The number of alkyl halides is 3. The predicted molar refractivity (Wildman–Crippen MR) is 175 cm³/mol. The van der Waals surface area contributed by atoms with E-state index in [4.69, 9.17) is 19.2 Å². The van der Waals surface area contributed by atoms with E-state index in [1.54, 1.807) is 6.08 Å². The third-order valence-corrected chi connectivity index (χ3v) is 11.7. The number of hydrogen-bond donors (Lipinski definition) is 1. The molecule has 1 spiro atoms. The lowest BCUT2D eigenvalue weighted by Crippen LogP contribution is -2.50. The molecule has 1 amide bonds. The van der Waals surface area contributed by atoms with Crippen molar-refractivity contribution in [3.05, 3.63) is 41.4 Å². The maximum absolute atomic E-state index is 13.4. The van der Waals surface area contributed by atoms with Gasteiger partial charge in [-0.25, -0.2) is 8.42 Å². The number of aromatic nitrogens is 1. The van der Waals surface area contributed by atoms with E-state index < -0.39 is 33.9 Å². The summed E-state index contributed by atoms with van der Waals surface area (Å²) in [7, 11) is -3.75. The van der Waals surface area contributed by atoms with Crippen LogP contribution in [0.1, 0.15) is 70.8 Å². The molecule has 6 rings (SSSR count). The van der Waals surface area contributed by atoms with Crippen LogP contribution in [0.5, 0.6) is 0 Å². The summed E-state index contributed by atoms with van der Waals surface area (Å²) < 4.78 is 85.3. The van der Waals surface area contributed by atoms with Gasteiger partial charge in [0.2, 0.25) is 10.0 Å². The van der Waals surface area contributed by atoms with Crippen molar-refractivity contribution >= 4 is 38.7 Å². The number of fused-ring (bicyclic) bond motifs is 1. The summed E-state index contributed by atoms with van der Waals surface area (Å²) in [5.41, 5.74) is 0.751. The number of piperidine rings is 1. The van der Waals surface area contributed by atoms with Crippen molar-refractivity contribution < 1.29 is 40.6 Å². The molecule has 3 aliphatic heterocycles. The third kappa shape index (κ3) is 8.15. The molecule has 10 nitrogen and oxygen atoms in total. The molecule has 1 N–H and O–H groups in total. The number of rotatable bonds is 11. The number of ether oxygens (including phenoxy) is 3. The number of carbonyl (C=O) groups is 1. The van der Waals surface area contributed by atoms with E-state index >= 15 is 0 Å². The van der Waals surface area contributed by atoms with E-state index in [-0.39, 0.29) is 56.2 Å². The standard InChI is InChI=1S/C34H45F3N4O6S/c1-32(2)46-23-27(47-32)22-45-20-19-40-16-11-28-25(4-3-5-29(28)40)12-21-48(43,44)41-17-14-33(15-18-41)31(42)38-30(39-33)26-8-6-24(7-9-26)10-13-34(35,36)37/h3-5,11-12,16,21,24,26-27H,6-10,13-15,17-20,22-23H2,1-2H3,(H,38,39,42)/t24?,26?,27-/m1/s1. The second kappa shape index (κ2) is 13.9. The summed E-state index contributed by atoms with van der Waals surface area (Å²) in [6.07, 6.45) is 2.02. The Morgan fingerprint density at radius 3 is 2.56 bits per heavy atom. The summed E-state index contributed by atoms with van der Waals surface area (Å²) in [5.74, 6) is -0.138. The number of halogens is 3. The Labute approximate surface area is 279 Å². The van der Waals surface area contributed by atoms with Gasteiger partial charge in [0.05, 0.1) is 19.8 Å². The Balaban J connectivity index is 1.01. The zero-order valence-corrected chi connectivity index (χ0v) is 28.3. The highest BCUT2D eigenvalue weighted by Gasteiger charge is 2.48. The minimum Gasteiger partial charge on any atom is -0.377 e. The molecule has 4 aliphatic rings. The SMILES string of the molecule is CC1(C)OC[C@@H](COCCn2ccc3c(C=CS(=O)(=O)N4CCC5(CC4)N=C(C4CCC(CCC(F)(F)F)CC4)NC5=O)cccc32)O1. The number of aliphatic imine (C=N–C) groups is 1. The number of sulfonamides is 1. The number of nitrogens with one attached hydrogen (secondary N) is 1. The van der Waals surface area contributed by atoms with Crippen molar-refractivity contribution in [2.75, 3.05) is 32.9 Å². The van der Waals surface area contributed by atoms with E-state index in [1.807, 2.05) is 44.3 Å². The molecule has 3 fully saturated rings. The second-order valence-corrected chi connectivity index (χ2v) is 15.7. The lowest BCUT2D eigenvalue weighted by atomic mass is 9.79. The quantitative estimate of drug-likeness (QED) is 0.306. The Morgan fingerprint density at radius 2 is 1.88 bits per heavy atom. The minimum atomic E-state index is -4.14. The van der Waals surface area contributed by atoms with Gasteiger partial charge in [0.15, 0.2) is 5.79 Å². The van der Waals surface area contributed by atoms with Gasteiger partial charge in [0.1, 0.15) is 17.5 Å². The van der Waals surface area contributed by atoms with E-state index in [1.165, 1.54) is 9.71 Å². The highest BCUT2D eigenvalue weighted by molar-refractivity contribution is 7.92. The van der Waals surface area contributed by atoms with E-state index in [0.29, 0.717) is 57.9 Å². The summed E-state index contributed by atoms with van der Waals surface area (Å²) in [6, 6.07) is 7.73. The van der Waals surface area contributed by atoms with Crippen LogP contribution in [0.2, 0.25) is 0 Å². The Bertz CT molecular complexity index is 1640. The van der Waals surface area contributed by atoms with Gasteiger partial charge in [-0.15, -0.1) is 0 Å². The molecule has 1 aliphatic carbocycles. The van der Waals surface area contributed by atoms with Gasteiger partial charge >= 0.3 is 6.18 Å². The van der Waals surface area contributed by atoms with E-state index in [9.17, 15) is 26.4 Å². The molecular formula is C34H45F3N4O6S. The van der Waals surface area contributed by atoms with Gasteiger partial charge in [0, 0.05) is 54.5 Å². The van der Waals surface area contributed by atoms with Crippen LogP contribution in [0.4, 0.5) is 13.2 Å². The van der Waals surface area contributed by atoms with Crippen molar-refractivity contribution in [1.29, 1.82) is 0 Å². The van der Waals surface area contributed by atoms with Crippen molar-refractivity contribution in [1.82, 2.24) is 14.2 Å². The van der Waals surface area contributed by atoms with Crippen LogP contribution in [-0.4, -0.2) is 85.5 Å². The largest absolute Gasteiger partial charge is 0.389 e. The van der Waals surface area contributed by atoms with Gasteiger partial charge < -0.3 is 24.1 Å². The van der Waals surface area contributed by atoms with Crippen molar-refractivity contribution in [2.45, 2.75) is 95.4 Å². The van der Waals surface area contributed by atoms with Crippen LogP contribution in [0.15, 0.2) is 40.9 Å². The lowest BCUT2D eigenvalue weighted by Gasteiger charge is -2.34. The molecule has 4 heterocycles. The van der Waals surface area contributed by atoms with Gasteiger partial charge in [0.25, 0.3) is 5.91 Å². The van der Waals surface area contributed by atoms with Gasteiger partial charge in [-0.1, -0.05) is 12.1 Å². The van der Waals surface area contributed by atoms with Crippen molar-refractivity contribution in [3.8, 4) is 0 Å². The fourth-order valence-electron chi connectivity index (χ4n) is 7.33. The predicted octanol–water partition coefficient (Wildman–Crippen LogP) is 5.62. The molecule has 0 radical (unpaired) electrons. The molecule has 0 unspecified atom stereocenters. The summed E-state index contributed by atoms with van der Waals surface area (Å²) in [4.78, 5) is 17.9. The average Bonchev–Trinajstić information content (AvgIpc) is 3.72. The molecule has 264 valence electrons. The van der Waals surface area contributed by atoms with Gasteiger partial charge in [-0.2, -0.15) is 17.5 Å². The van der Waals surface area contributed by atoms with Gasteiger partial charge in [-0.3, -0.25) is 9.79 Å². The molecule has 48 heavy (non-hydrogen) atoms. The molecule has 1 aromatic carbocycles. The normalized spacial score (nSPS) is 26.5. The maximum atomic E-state index is 13.4. The van der Waals surface area contributed by atoms with Crippen LogP contribution in [0.3, 0.4) is 0 Å². The van der Waals surface area contributed by atoms with Crippen LogP contribution < -0.4 is 5.32 Å². The molecule has 2 aromatic rings. The minimum absolute atomic E-state index is 0.0134. The highest BCUT2D eigenvalue weighted by Crippen LogP contribution is 2.38. The molecule has 1 aromatic heterocycles. The fraction of sp³-hybridized carbons (Fsp3) is 0.647. The number of carbonyl (C=O) groups excluding carboxylic acids is 1. The van der Waals surface area contributed by atoms with Crippen LogP contribution in [0, 0.1) is 11.8 Å². The maximum Gasteiger partial charge on any atom is 0.389 e. The number of amides is 1. The van der Waals surface area contributed by atoms with E-state index in [0.717, 1.165) is 16.5 Å². The summed E-state index contributed by atoms with van der Waals surface area (Å²) in [6.45, 7) is 6.16. The van der Waals surface area contributed by atoms with Crippen LogP contribution >= 0.6 is 0 Å². The number of benzene rings is 1. The molecule has 2 saturated heterocycles. The van der Waals surface area contributed by atoms with Crippen molar-refractivity contribution in [3.63, 3.8) is 0 Å². The average molecular weight is 695 g/mol. The first-order chi connectivity index (χ1) is 22.7. The molecule has 1 saturated carbocycles. The molecule has 14 heteroatoms. The summed E-state index contributed by atoms with van der Waals surface area (Å²) >= 11 is 0. The van der Waals surface area contributed by atoms with E-state index in [2.05, 4.69) is 9.88 Å². The lowest BCUT2D eigenvalue weighted by molar-refractivity contribution is -0.145. The number of nitrogens with zero attached hydrogens (tertiary/aromatic N) is 3. The third-order valence-electron chi connectivity index (χ3n) is 10.1. The highest BCUT2D eigenvalue weighted by atomic mass is 32.2. The molecular weight excluding hydrogens is 649 g/mol.